The topological polar surface area (TPSA) is 54.9 Å². The quantitative estimate of drug-likeness (QED) is 0.378. The zero-order valence-corrected chi connectivity index (χ0v) is 17.7. The van der Waals surface area contributed by atoms with Gasteiger partial charge in [0.15, 0.2) is 5.96 Å². The minimum atomic E-state index is 0. The van der Waals surface area contributed by atoms with Crippen molar-refractivity contribution in [1.29, 1.82) is 0 Å². The summed E-state index contributed by atoms with van der Waals surface area (Å²) in [5.41, 5.74) is 0.971. The highest BCUT2D eigenvalue weighted by Crippen LogP contribution is 2.25. The van der Waals surface area contributed by atoms with Crippen LogP contribution in [0.3, 0.4) is 0 Å². The Balaban J connectivity index is 0.00000288. The molecule has 0 saturated carbocycles. The molecule has 0 aromatic heterocycles. The first-order valence-corrected chi connectivity index (χ1v) is 8.55. The second-order valence-electron chi connectivity index (χ2n) is 5.32. The Morgan fingerprint density at radius 3 is 2.79 bits per heavy atom. The fourth-order valence-electron chi connectivity index (χ4n) is 2.29. The summed E-state index contributed by atoms with van der Waals surface area (Å²) < 4.78 is 11.0. The number of guanidine groups is 1. The lowest BCUT2D eigenvalue weighted by Crippen LogP contribution is -2.40. The zero-order valence-electron chi connectivity index (χ0n) is 13.9. The highest BCUT2D eigenvalue weighted by atomic mass is 127. The molecule has 0 radical (unpaired) electrons. The van der Waals surface area contributed by atoms with Crippen LogP contribution in [0.1, 0.15) is 25.5 Å². The molecule has 2 rings (SSSR count). The maximum absolute atomic E-state index is 6.26. The third kappa shape index (κ3) is 6.92. The van der Waals surface area contributed by atoms with Crippen molar-refractivity contribution < 1.29 is 9.47 Å². The SMILES string of the molecule is CCNC(=NCC1COCCO1)NC(C)c1ccc(Cl)cc1Cl.I. The number of nitrogens with one attached hydrogen (secondary N) is 2. The highest BCUT2D eigenvalue weighted by molar-refractivity contribution is 14.0. The van der Waals surface area contributed by atoms with E-state index in [1.54, 1.807) is 6.07 Å². The van der Waals surface area contributed by atoms with Crippen LogP contribution in [0.4, 0.5) is 0 Å². The maximum atomic E-state index is 6.26. The lowest BCUT2D eigenvalue weighted by Gasteiger charge is -2.23. The van der Waals surface area contributed by atoms with Gasteiger partial charge in [-0.1, -0.05) is 29.3 Å². The Morgan fingerprint density at radius 2 is 2.17 bits per heavy atom. The molecule has 2 atom stereocenters. The van der Waals surface area contributed by atoms with Crippen molar-refractivity contribution in [2.45, 2.75) is 26.0 Å². The molecule has 1 aliphatic rings. The van der Waals surface area contributed by atoms with Gasteiger partial charge in [0.1, 0.15) is 6.10 Å². The second-order valence-corrected chi connectivity index (χ2v) is 6.16. The van der Waals surface area contributed by atoms with Gasteiger partial charge < -0.3 is 20.1 Å². The van der Waals surface area contributed by atoms with Gasteiger partial charge in [0, 0.05) is 16.6 Å². The molecule has 1 saturated heterocycles. The first-order valence-electron chi connectivity index (χ1n) is 7.79. The van der Waals surface area contributed by atoms with E-state index in [1.165, 1.54) is 0 Å². The molecule has 2 N–H and O–H groups in total. The number of rotatable bonds is 5. The summed E-state index contributed by atoms with van der Waals surface area (Å²) in [4.78, 5) is 4.57. The summed E-state index contributed by atoms with van der Waals surface area (Å²) in [6.45, 7) is 7.25. The van der Waals surface area contributed by atoms with Crippen LogP contribution in [0, 0.1) is 0 Å². The van der Waals surface area contributed by atoms with Crippen molar-refractivity contribution in [3.05, 3.63) is 33.8 Å². The van der Waals surface area contributed by atoms with Gasteiger partial charge in [-0.2, -0.15) is 0 Å². The summed E-state index contributed by atoms with van der Waals surface area (Å²) >= 11 is 12.2. The van der Waals surface area contributed by atoms with Crippen molar-refractivity contribution in [3.63, 3.8) is 0 Å². The standard InChI is InChI=1S/C16H23Cl2N3O2.HI/c1-3-19-16(20-9-13-10-22-6-7-23-13)21-11(2)14-5-4-12(17)8-15(14)18;/h4-5,8,11,13H,3,6-7,9-10H2,1-2H3,(H2,19,20,21);1H. The van der Waals surface area contributed by atoms with Crippen LogP contribution in [0.15, 0.2) is 23.2 Å². The van der Waals surface area contributed by atoms with E-state index < -0.39 is 0 Å². The minimum Gasteiger partial charge on any atom is -0.376 e. The van der Waals surface area contributed by atoms with E-state index in [-0.39, 0.29) is 36.1 Å². The molecule has 2 unspecified atom stereocenters. The Bertz CT molecular complexity index is 540. The molecule has 136 valence electrons. The lowest BCUT2D eigenvalue weighted by molar-refractivity contribution is -0.0832. The molecular formula is C16H24Cl2IN3O2. The summed E-state index contributed by atoms with van der Waals surface area (Å²) in [7, 11) is 0. The highest BCUT2D eigenvalue weighted by Gasteiger charge is 2.15. The van der Waals surface area contributed by atoms with Gasteiger partial charge in [-0.25, -0.2) is 0 Å². The third-order valence-electron chi connectivity index (χ3n) is 3.46. The van der Waals surface area contributed by atoms with Gasteiger partial charge in [0.05, 0.1) is 32.4 Å². The molecule has 8 heteroatoms. The molecule has 1 aliphatic heterocycles. The number of hydrogen-bond acceptors (Lipinski definition) is 3. The maximum Gasteiger partial charge on any atom is 0.191 e. The molecule has 1 heterocycles. The van der Waals surface area contributed by atoms with Gasteiger partial charge in [-0.3, -0.25) is 4.99 Å². The zero-order chi connectivity index (χ0) is 16.7. The third-order valence-corrected chi connectivity index (χ3v) is 4.03. The van der Waals surface area contributed by atoms with Gasteiger partial charge in [-0.15, -0.1) is 24.0 Å². The number of hydrogen-bond donors (Lipinski definition) is 2. The minimum absolute atomic E-state index is 0. The van der Waals surface area contributed by atoms with Crippen molar-refractivity contribution in [2.24, 2.45) is 4.99 Å². The predicted octanol–water partition coefficient (Wildman–Crippen LogP) is 3.64. The number of halogens is 3. The average molecular weight is 488 g/mol. The molecule has 24 heavy (non-hydrogen) atoms. The van der Waals surface area contributed by atoms with E-state index >= 15 is 0 Å². The molecule has 0 amide bonds. The Hall–Kier alpha value is -0.280. The molecule has 0 aliphatic carbocycles. The van der Waals surface area contributed by atoms with Crippen LogP contribution >= 0.6 is 47.2 Å². The Morgan fingerprint density at radius 1 is 1.38 bits per heavy atom. The second kappa shape index (κ2) is 11.4. The molecule has 5 nitrogen and oxygen atoms in total. The van der Waals surface area contributed by atoms with E-state index in [1.807, 2.05) is 26.0 Å². The Kier molecular flexibility index (Phi) is 10.3. The summed E-state index contributed by atoms with van der Waals surface area (Å²) in [6, 6.07) is 5.50. The van der Waals surface area contributed by atoms with E-state index in [9.17, 15) is 0 Å². The van der Waals surface area contributed by atoms with Gasteiger partial charge in [0.25, 0.3) is 0 Å². The van der Waals surface area contributed by atoms with Gasteiger partial charge in [0.2, 0.25) is 0 Å². The van der Waals surface area contributed by atoms with Crippen LogP contribution in [0.2, 0.25) is 10.0 Å². The van der Waals surface area contributed by atoms with E-state index in [4.69, 9.17) is 32.7 Å². The van der Waals surface area contributed by atoms with Crippen LogP contribution < -0.4 is 10.6 Å². The monoisotopic (exact) mass is 487 g/mol. The van der Waals surface area contributed by atoms with Crippen LogP contribution in [0.25, 0.3) is 0 Å². The number of nitrogens with zero attached hydrogens (tertiary/aromatic N) is 1. The van der Waals surface area contributed by atoms with Crippen LogP contribution in [0.5, 0.6) is 0 Å². The van der Waals surface area contributed by atoms with Crippen molar-refractivity contribution >= 4 is 53.1 Å². The lowest BCUT2D eigenvalue weighted by atomic mass is 10.1. The molecule has 0 bridgehead atoms. The largest absolute Gasteiger partial charge is 0.376 e. The van der Waals surface area contributed by atoms with E-state index in [0.717, 1.165) is 18.1 Å². The summed E-state index contributed by atoms with van der Waals surface area (Å²) in [6.07, 6.45) is 0.00799. The average Bonchev–Trinajstić information content (AvgIpc) is 2.53. The van der Waals surface area contributed by atoms with Crippen LogP contribution in [-0.4, -0.2) is 45.0 Å². The van der Waals surface area contributed by atoms with Gasteiger partial charge >= 0.3 is 0 Å². The fourth-order valence-corrected chi connectivity index (χ4v) is 2.86. The van der Waals surface area contributed by atoms with Crippen molar-refractivity contribution in [1.82, 2.24) is 10.6 Å². The number of aliphatic imine (C=N–C) groups is 1. The normalized spacial score (nSPS) is 19.3. The van der Waals surface area contributed by atoms with E-state index in [0.29, 0.717) is 36.4 Å². The first-order chi connectivity index (χ1) is 11.1. The van der Waals surface area contributed by atoms with Crippen molar-refractivity contribution in [2.75, 3.05) is 32.9 Å². The first kappa shape index (κ1) is 21.8. The molecule has 1 fully saturated rings. The van der Waals surface area contributed by atoms with Crippen LogP contribution in [-0.2, 0) is 9.47 Å². The smallest absolute Gasteiger partial charge is 0.191 e. The molecule has 0 spiro atoms. The predicted molar refractivity (Wildman–Crippen MR) is 110 cm³/mol. The fraction of sp³-hybridized carbons (Fsp3) is 0.562. The number of benzene rings is 1. The molecule has 1 aromatic rings. The molecular weight excluding hydrogens is 464 g/mol. The Labute approximate surface area is 170 Å². The summed E-state index contributed by atoms with van der Waals surface area (Å²) in [5.74, 6) is 0.722. The number of ether oxygens (including phenoxy) is 2. The van der Waals surface area contributed by atoms with Gasteiger partial charge in [-0.05, 0) is 31.5 Å². The van der Waals surface area contributed by atoms with Crippen molar-refractivity contribution in [3.8, 4) is 0 Å². The molecule has 1 aromatic carbocycles. The van der Waals surface area contributed by atoms with E-state index in [2.05, 4.69) is 15.6 Å². The summed E-state index contributed by atoms with van der Waals surface area (Å²) in [5, 5.41) is 7.84.